The largest absolute Gasteiger partial charge is 0.484 e. The fourth-order valence-electron chi connectivity index (χ4n) is 2.57. The molecule has 0 saturated carbocycles. The first kappa shape index (κ1) is 18.2. The van der Waals surface area contributed by atoms with Gasteiger partial charge in [0.05, 0.1) is 0 Å². The molecule has 27 heavy (non-hydrogen) atoms. The van der Waals surface area contributed by atoms with Crippen molar-refractivity contribution in [1.82, 2.24) is 5.32 Å². The number of hydrogen-bond acceptors (Lipinski definition) is 5. The summed E-state index contributed by atoms with van der Waals surface area (Å²) in [7, 11) is 0. The summed E-state index contributed by atoms with van der Waals surface area (Å²) < 4.78 is 10.4. The second kappa shape index (κ2) is 8.18. The van der Waals surface area contributed by atoms with Crippen LogP contribution in [0.4, 0.5) is 0 Å². The Labute approximate surface area is 154 Å². The molecule has 1 heterocycles. The van der Waals surface area contributed by atoms with Crippen LogP contribution in [0.3, 0.4) is 0 Å². The van der Waals surface area contributed by atoms with Crippen molar-refractivity contribution < 1.29 is 23.8 Å². The molecule has 0 fully saturated rings. The van der Waals surface area contributed by atoms with Gasteiger partial charge in [-0.15, -0.1) is 0 Å². The molecule has 0 saturated heterocycles. The minimum atomic E-state index is -1.13. The fourth-order valence-corrected chi connectivity index (χ4v) is 2.57. The number of carbonyl (C=O) groups is 2. The van der Waals surface area contributed by atoms with E-state index in [0.717, 1.165) is 10.9 Å². The van der Waals surface area contributed by atoms with Gasteiger partial charge in [-0.3, -0.25) is 4.79 Å². The average molecular weight is 367 g/mol. The van der Waals surface area contributed by atoms with Crippen LogP contribution in [-0.4, -0.2) is 29.6 Å². The molecule has 3 rings (SSSR count). The highest BCUT2D eigenvalue weighted by molar-refractivity contribution is 5.84. The van der Waals surface area contributed by atoms with Gasteiger partial charge in [-0.2, -0.15) is 0 Å². The Balaban J connectivity index is 1.61. The number of carboxylic acid groups (broad SMARTS) is 1. The van der Waals surface area contributed by atoms with E-state index in [0.29, 0.717) is 11.3 Å². The molecule has 1 amide bonds. The van der Waals surface area contributed by atoms with Gasteiger partial charge < -0.3 is 19.6 Å². The summed E-state index contributed by atoms with van der Waals surface area (Å²) in [6.07, 6.45) is 0.170. The third kappa shape index (κ3) is 4.94. The SMILES string of the molecule is O=C(COc1ccc2ccc(=O)oc2c1)N[C@@H](Cc1ccccc1)C(=O)O. The Bertz CT molecular complexity index is 1010. The summed E-state index contributed by atoms with van der Waals surface area (Å²) in [5.41, 5.74) is 0.658. The first-order chi connectivity index (χ1) is 13.0. The minimum absolute atomic E-state index is 0.170. The van der Waals surface area contributed by atoms with E-state index in [1.807, 2.05) is 6.07 Å². The van der Waals surface area contributed by atoms with Gasteiger partial charge in [-0.05, 0) is 23.8 Å². The molecule has 3 aromatic rings. The normalized spacial score (nSPS) is 11.7. The third-order valence-electron chi connectivity index (χ3n) is 3.88. The second-order valence-corrected chi connectivity index (χ2v) is 5.89. The zero-order chi connectivity index (χ0) is 19.2. The predicted octanol–water partition coefficient (Wildman–Crippen LogP) is 1.98. The number of benzene rings is 2. The van der Waals surface area contributed by atoms with Crippen LogP contribution >= 0.6 is 0 Å². The van der Waals surface area contributed by atoms with Crippen molar-refractivity contribution in [3.05, 3.63) is 76.6 Å². The van der Waals surface area contributed by atoms with Crippen LogP contribution in [0.15, 0.2) is 69.9 Å². The number of carboxylic acids is 1. The summed E-state index contributed by atoms with van der Waals surface area (Å²) in [5, 5.41) is 12.5. The van der Waals surface area contributed by atoms with Crippen LogP contribution in [0, 0.1) is 0 Å². The molecular formula is C20H17NO6. The molecule has 2 aromatic carbocycles. The first-order valence-corrected chi connectivity index (χ1v) is 8.24. The second-order valence-electron chi connectivity index (χ2n) is 5.89. The number of amides is 1. The van der Waals surface area contributed by atoms with Crippen LogP contribution in [0.25, 0.3) is 11.0 Å². The molecule has 2 N–H and O–H groups in total. The van der Waals surface area contributed by atoms with Gasteiger partial charge in [-0.1, -0.05) is 30.3 Å². The quantitative estimate of drug-likeness (QED) is 0.619. The predicted molar refractivity (Wildman–Crippen MR) is 97.7 cm³/mol. The van der Waals surface area contributed by atoms with E-state index in [-0.39, 0.29) is 13.0 Å². The molecule has 0 aliphatic rings. The Morgan fingerprint density at radius 3 is 2.56 bits per heavy atom. The summed E-state index contributed by atoms with van der Waals surface area (Å²) in [6.45, 7) is -0.360. The van der Waals surface area contributed by atoms with Gasteiger partial charge in [0.15, 0.2) is 6.61 Å². The van der Waals surface area contributed by atoms with E-state index in [9.17, 15) is 19.5 Å². The van der Waals surface area contributed by atoms with E-state index in [2.05, 4.69) is 5.32 Å². The first-order valence-electron chi connectivity index (χ1n) is 8.24. The van der Waals surface area contributed by atoms with Crippen LogP contribution in [-0.2, 0) is 16.0 Å². The smallest absolute Gasteiger partial charge is 0.336 e. The monoisotopic (exact) mass is 367 g/mol. The highest BCUT2D eigenvalue weighted by Crippen LogP contribution is 2.19. The van der Waals surface area contributed by atoms with E-state index in [1.165, 1.54) is 12.1 Å². The van der Waals surface area contributed by atoms with Gasteiger partial charge in [-0.25, -0.2) is 9.59 Å². The highest BCUT2D eigenvalue weighted by Gasteiger charge is 2.20. The van der Waals surface area contributed by atoms with Crippen molar-refractivity contribution in [3.8, 4) is 5.75 Å². The number of fused-ring (bicyclic) bond motifs is 1. The number of rotatable bonds is 7. The molecule has 0 aliphatic heterocycles. The maximum atomic E-state index is 12.1. The molecule has 0 spiro atoms. The third-order valence-corrected chi connectivity index (χ3v) is 3.88. The van der Waals surface area contributed by atoms with Gasteiger partial charge in [0, 0.05) is 23.9 Å². The lowest BCUT2D eigenvalue weighted by Crippen LogP contribution is -2.44. The lowest BCUT2D eigenvalue weighted by Gasteiger charge is -2.15. The molecule has 1 aromatic heterocycles. The number of nitrogens with one attached hydrogen (secondary N) is 1. The average Bonchev–Trinajstić information content (AvgIpc) is 2.66. The van der Waals surface area contributed by atoms with Crippen LogP contribution in [0.2, 0.25) is 0 Å². The van der Waals surface area contributed by atoms with E-state index in [1.54, 1.807) is 42.5 Å². The molecule has 0 bridgehead atoms. The summed E-state index contributed by atoms with van der Waals surface area (Å²) in [4.78, 5) is 34.7. The Morgan fingerprint density at radius 2 is 1.81 bits per heavy atom. The topological polar surface area (TPSA) is 106 Å². The lowest BCUT2D eigenvalue weighted by molar-refractivity contribution is -0.142. The van der Waals surface area contributed by atoms with Crippen molar-refractivity contribution in [2.75, 3.05) is 6.61 Å². The number of hydrogen-bond donors (Lipinski definition) is 2. The lowest BCUT2D eigenvalue weighted by atomic mass is 10.1. The summed E-state index contributed by atoms with van der Waals surface area (Å²) in [5.74, 6) is -1.35. The Kier molecular flexibility index (Phi) is 5.51. The molecule has 1 atom stereocenters. The molecule has 0 aliphatic carbocycles. The van der Waals surface area contributed by atoms with Crippen molar-refractivity contribution in [2.45, 2.75) is 12.5 Å². The Morgan fingerprint density at radius 1 is 1.07 bits per heavy atom. The van der Waals surface area contributed by atoms with Crippen LogP contribution < -0.4 is 15.7 Å². The van der Waals surface area contributed by atoms with Gasteiger partial charge >= 0.3 is 11.6 Å². The van der Waals surface area contributed by atoms with Crippen molar-refractivity contribution in [1.29, 1.82) is 0 Å². The molecular weight excluding hydrogens is 350 g/mol. The molecule has 138 valence electrons. The number of aliphatic carboxylic acids is 1. The molecule has 7 heteroatoms. The van der Waals surface area contributed by atoms with Crippen molar-refractivity contribution in [3.63, 3.8) is 0 Å². The highest BCUT2D eigenvalue weighted by atomic mass is 16.5. The van der Waals surface area contributed by atoms with Crippen molar-refractivity contribution in [2.24, 2.45) is 0 Å². The van der Waals surface area contributed by atoms with Gasteiger partial charge in [0.1, 0.15) is 17.4 Å². The minimum Gasteiger partial charge on any atom is -0.484 e. The summed E-state index contributed by atoms with van der Waals surface area (Å²) in [6, 6.07) is 15.7. The molecule has 0 unspecified atom stereocenters. The molecule has 7 nitrogen and oxygen atoms in total. The van der Waals surface area contributed by atoms with E-state index in [4.69, 9.17) is 9.15 Å². The molecule has 0 radical (unpaired) electrons. The standard InChI is InChI=1S/C20H17NO6/c22-18(21-16(20(24)25)10-13-4-2-1-3-5-13)12-26-15-8-6-14-7-9-19(23)27-17(14)11-15/h1-9,11,16H,10,12H2,(H,21,22)(H,24,25)/t16-/m0/s1. The fraction of sp³-hybridized carbons (Fsp3) is 0.150. The van der Waals surface area contributed by atoms with E-state index >= 15 is 0 Å². The van der Waals surface area contributed by atoms with Crippen molar-refractivity contribution >= 4 is 22.8 Å². The zero-order valence-corrected chi connectivity index (χ0v) is 14.3. The maximum Gasteiger partial charge on any atom is 0.336 e. The zero-order valence-electron chi connectivity index (χ0n) is 14.3. The summed E-state index contributed by atoms with van der Waals surface area (Å²) >= 11 is 0. The van der Waals surface area contributed by atoms with Gasteiger partial charge in [0.25, 0.3) is 5.91 Å². The maximum absolute atomic E-state index is 12.1. The number of ether oxygens (including phenoxy) is 1. The number of carbonyl (C=O) groups excluding carboxylic acids is 1. The Hall–Kier alpha value is -3.61. The van der Waals surface area contributed by atoms with Crippen LogP contribution in [0.5, 0.6) is 5.75 Å². The van der Waals surface area contributed by atoms with Gasteiger partial charge in [0.2, 0.25) is 0 Å². The van der Waals surface area contributed by atoms with E-state index < -0.39 is 23.5 Å². The van der Waals surface area contributed by atoms with Crippen LogP contribution in [0.1, 0.15) is 5.56 Å².